The third-order valence-corrected chi connectivity index (χ3v) is 2.17. The van der Waals surface area contributed by atoms with Crippen LogP contribution < -0.4 is 0 Å². The Morgan fingerprint density at radius 2 is 2.08 bits per heavy atom. The number of carboxylic acid groups (broad SMARTS) is 1. The Labute approximate surface area is 75.3 Å². The molecule has 0 aliphatic carbocycles. The molecule has 5 heteroatoms. The van der Waals surface area contributed by atoms with Crippen LogP contribution in [0, 0.1) is 0 Å². The van der Waals surface area contributed by atoms with Gasteiger partial charge in [-0.3, -0.25) is 9.69 Å². The third-order valence-electron chi connectivity index (χ3n) is 2.17. The van der Waals surface area contributed by atoms with Crippen LogP contribution in [0.4, 0.5) is 8.78 Å². The maximum Gasteiger partial charge on any atom is 0.317 e. The number of alkyl halides is 2. The van der Waals surface area contributed by atoms with Crippen molar-refractivity contribution in [3.63, 3.8) is 0 Å². The summed E-state index contributed by atoms with van der Waals surface area (Å²) in [6, 6.07) is 0. The average molecular weight is 193 g/mol. The molecule has 0 atom stereocenters. The lowest BCUT2D eigenvalue weighted by Crippen LogP contribution is -2.31. The Kier molecular flexibility index (Phi) is 3.19. The first-order chi connectivity index (χ1) is 5.99. The van der Waals surface area contributed by atoms with E-state index in [1.54, 1.807) is 4.90 Å². The third kappa shape index (κ3) is 3.67. The topological polar surface area (TPSA) is 40.5 Å². The van der Waals surface area contributed by atoms with Gasteiger partial charge in [-0.2, -0.15) is 0 Å². The van der Waals surface area contributed by atoms with Crippen LogP contribution in [0.15, 0.2) is 0 Å². The van der Waals surface area contributed by atoms with Crippen LogP contribution >= 0.6 is 0 Å². The highest BCUT2D eigenvalue weighted by Crippen LogP contribution is 2.27. The van der Waals surface area contributed by atoms with Crippen molar-refractivity contribution >= 4 is 5.97 Å². The number of nitrogens with zero attached hydrogens (tertiary/aromatic N) is 1. The first-order valence-electron chi connectivity index (χ1n) is 4.32. The zero-order valence-corrected chi connectivity index (χ0v) is 7.30. The Balaban J connectivity index is 2.40. The van der Waals surface area contributed by atoms with Crippen molar-refractivity contribution < 1.29 is 18.7 Å². The van der Waals surface area contributed by atoms with Crippen molar-refractivity contribution in [3.8, 4) is 0 Å². The van der Waals surface area contributed by atoms with Gasteiger partial charge in [-0.05, 0) is 13.0 Å². The molecule has 1 saturated heterocycles. The van der Waals surface area contributed by atoms with Gasteiger partial charge in [0, 0.05) is 19.4 Å². The smallest absolute Gasteiger partial charge is 0.317 e. The van der Waals surface area contributed by atoms with Gasteiger partial charge in [0.25, 0.3) is 0 Å². The number of aliphatic carboxylic acids is 1. The quantitative estimate of drug-likeness (QED) is 0.716. The highest BCUT2D eigenvalue weighted by atomic mass is 19.3. The molecule has 1 N–H and O–H groups in total. The number of carbonyl (C=O) groups is 1. The van der Waals surface area contributed by atoms with E-state index in [4.69, 9.17) is 5.11 Å². The number of rotatable bonds is 2. The first kappa shape index (κ1) is 10.4. The lowest BCUT2D eigenvalue weighted by molar-refractivity contribution is -0.138. The molecule has 1 rings (SSSR count). The van der Waals surface area contributed by atoms with Crippen molar-refractivity contribution in [3.05, 3.63) is 0 Å². The van der Waals surface area contributed by atoms with Crippen LogP contribution in [0.2, 0.25) is 0 Å². The molecule has 1 heterocycles. The molecule has 1 fully saturated rings. The van der Waals surface area contributed by atoms with E-state index in [2.05, 4.69) is 0 Å². The van der Waals surface area contributed by atoms with Crippen molar-refractivity contribution in [1.82, 2.24) is 4.90 Å². The van der Waals surface area contributed by atoms with Gasteiger partial charge < -0.3 is 5.11 Å². The Morgan fingerprint density at radius 3 is 2.69 bits per heavy atom. The molecule has 13 heavy (non-hydrogen) atoms. The first-order valence-corrected chi connectivity index (χ1v) is 4.32. The predicted octanol–water partition coefficient (Wildman–Crippen LogP) is 1.19. The van der Waals surface area contributed by atoms with Gasteiger partial charge in [0.1, 0.15) is 0 Å². The van der Waals surface area contributed by atoms with Gasteiger partial charge in [0.15, 0.2) is 0 Å². The van der Waals surface area contributed by atoms with Crippen molar-refractivity contribution in [1.29, 1.82) is 0 Å². The van der Waals surface area contributed by atoms with Gasteiger partial charge in [-0.1, -0.05) is 0 Å². The molecule has 1 aliphatic rings. The fraction of sp³-hybridized carbons (Fsp3) is 0.875. The minimum absolute atomic E-state index is 0.122. The number of halogens is 2. The number of hydrogen-bond acceptors (Lipinski definition) is 2. The van der Waals surface area contributed by atoms with E-state index in [0.29, 0.717) is 13.0 Å². The largest absolute Gasteiger partial charge is 0.480 e. The highest BCUT2D eigenvalue weighted by Gasteiger charge is 2.31. The van der Waals surface area contributed by atoms with Crippen molar-refractivity contribution in [2.75, 3.05) is 19.6 Å². The molecule has 76 valence electrons. The second kappa shape index (κ2) is 4.00. The van der Waals surface area contributed by atoms with Crippen LogP contribution in [-0.4, -0.2) is 41.5 Å². The highest BCUT2D eigenvalue weighted by molar-refractivity contribution is 5.69. The monoisotopic (exact) mass is 193 g/mol. The van der Waals surface area contributed by atoms with E-state index in [0.717, 1.165) is 0 Å². The van der Waals surface area contributed by atoms with Crippen molar-refractivity contribution in [2.45, 2.75) is 25.2 Å². The summed E-state index contributed by atoms with van der Waals surface area (Å²) in [6.07, 6.45) is 0.0314. The molecule has 0 saturated carbocycles. The van der Waals surface area contributed by atoms with Crippen LogP contribution in [-0.2, 0) is 4.79 Å². The summed E-state index contributed by atoms with van der Waals surface area (Å²) >= 11 is 0. The summed E-state index contributed by atoms with van der Waals surface area (Å²) in [5.74, 6) is -3.56. The molecule has 0 aromatic rings. The zero-order chi connectivity index (χ0) is 9.90. The fourth-order valence-corrected chi connectivity index (χ4v) is 1.47. The van der Waals surface area contributed by atoms with Crippen LogP contribution in [0.3, 0.4) is 0 Å². The van der Waals surface area contributed by atoms with Gasteiger partial charge in [0.2, 0.25) is 5.92 Å². The van der Waals surface area contributed by atoms with E-state index < -0.39 is 11.9 Å². The summed E-state index contributed by atoms with van der Waals surface area (Å²) in [6.45, 7) is 0.511. The lowest BCUT2D eigenvalue weighted by Gasteiger charge is -2.17. The van der Waals surface area contributed by atoms with Crippen LogP contribution in [0.5, 0.6) is 0 Å². The lowest BCUT2D eigenvalue weighted by atomic mass is 10.1. The van der Waals surface area contributed by atoms with Gasteiger partial charge >= 0.3 is 5.97 Å². The molecule has 0 aromatic carbocycles. The minimum Gasteiger partial charge on any atom is -0.480 e. The predicted molar refractivity (Wildman–Crippen MR) is 42.9 cm³/mol. The molecule has 0 unspecified atom stereocenters. The Morgan fingerprint density at radius 1 is 1.38 bits per heavy atom. The van der Waals surface area contributed by atoms with Crippen LogP contribution in [0.1, 0.15) is 19.3 Å². The number of hydrogen-bond donors (Lipinski definition) is 1. The second-order valence-electron chi connectivity index (χ2n) is 3.38. The van der Waals surface area contributed by atoms with Gasteiger partial charge in [0.05, 0.1) is 6.54 Å². The fourth-order valence-electron chi connectivity index (χ4n) is 1.47. The molecule has 0 spiro atoms. The standard InChI is InChI=1S/C8H13F2NO2/c9-8(10)2-1-4-11(5-3-8)6-7(12)13/h1-6H2,(H,12,13). The summed E-state index contributed by atoms with van der Waals surface area (Å²) in [5, 5.41) is 8.46. The Bertz CT molecular complexity index is 197. The van der Waals surface area contributed by atoms with Gasteiger partial charge in [-0.25, -0.2) is 8.78 Å². The van der Waals surface area contributed by atoms with Gasteiger partial charge in [-0.15, -0.1) is 0 Å². The molecule has 0 amide bonds. The average Bonchev–Trinajstić information content (AvgIpc) is 2.12. The molecular weight excluding hydrogens is 180 g/mol. The molecule has 0 aromatic heterocycles. The molecule has 3 nitrogen and oxygen atoms in total. The van der Waals surface area contributed by atoms with Crippen molar-refractivity contribution in [2.24, 2.45) is 0 Å². The molecule has 1 aliphatic heterocycles. The SMILES string of the molecule is O=C(O)CN1CCCC(F)(F)CC1. The maximum absolute atomic E-state index is 12.8. The van der Waals surface area contributed by atoms with E-state index in [1.807, 2.05) is 0 Å². The van der Waals surface area contributed by atoms with E-state index >= 15 is 0 Å². The van der Waals surface area contributed by atoms with Crippen LogP contribution in [0.25, 0.3) is 0 Å². The van der Waals surface area contributed by atoms with E-state index in [9.17, 15) is 13.6 Å². The maximum atomic E-state index is 12.8. The number of carboxylic acids is 1. The zero-order valence-electron chi connectivity index (χ0n) is 7.30. The molecular formula is C8H13F2NO2. The molecule has 0 radical (unpaired) electrons. The Hall–Kier alpha value is -0.710. The summed E-state index contributed by atoms with van der Waals surface area (Å²) in [7, 11) is 0. The van der Waals surface area contributed by atoms with E-state index in [-0.39, 0.29) is 25.9 Å². The summed E-state index contributed by atoms with van der Waals surface area (Å²) in [4.78, 5) is 11.9. The minimum atomic E-state index is -2.60. The summed E-state index contributed by atoms with van der Waals surface area (Å²) < 4.78 is 25.6. The summed E-state index contributed by atoms with van der Waals surface area (Å²) in [5.41, 5.74) is 0. The van der Waals surface area contributed by atoms with E-state index in [1.165, 1.54) is 0 Å². The number of likely N-dealkylation sites (tertiary alicyclic amines) is 1. The molecule has 0 bridgehead atoms. The normalized spacial score (nSPS) is 23.8. The second-order valence-corrected chi connectivity index (χ2v) is 3.38.